The number of primary amides is 1. The highest BCUT2D eigenvalue weighted by atomic mass is 32.1. The third-order valence-corrected chi connectivity index (χ3v) is 5.13. The van der Waals surface area contributed by atoms with Gasteiger partial charge >= 0.3 is 5.97 Å². The summed E-state index contributed by atoms with van der Waals surface area (Å²) in [6.45, 7) is 1.38. The van der Waals surface area contributed by atoms with Gasteiger partial charge in [-0.1, -0.05) is 0 Å². The molecule has 1 amide bonds. The van der Waals surface area contributed by atoms with Crippen molar-refractivity contribution in [3.63, 3.8) is 0 Å². The van der Waals surface area contributed by atoms with Gasteiger partial charge in [0.25, 0.3) is 5.56 Å². The molecule has 3 rings (SSSR count). The molecule has 7 nitrogen and oxygen atoms in total. The van der Waals surface area contributed by atoms with Crippen molar-refractivity contribution in [2.24, 2.45) is 5.73 Å². The first-order chi connectivity index (χ1) is 10.4. The van der Waals surface area contributed by atoms with E-state index in [1.54, 1.807) is 6.92 Å². The van der Waals surface area contributed by atoms with Crippen LogP contribution in [0.4, 0.5) is 0 Å². The lowest BCUT2D eigenvalue weighted by atomic mass is 9.86. The fourth-order valence-corrected chi connectivity index (χ4v) is 4.32. The Morgan fingerprint density at radius 3 is 2.86 bits per heavy atom. The fourth-order valence-electron chi connectivity index (χ4n) is 3.01. The van der Waals surface area contributed by atoms with Gasteiger partial charge < -0.3 is 10.8 Å². The minimum Gasteiger partial charge on any atom is -0.481 e. The molecule has 8 heteroatoms. The zero-order chi connectivity index (χ0) is 16.0. The number of hydrogen-bond acceptors (Lipinski definition) is 5. The highest BCUT2D eigenvalue weighted by Crippen LogP contribution is 2.40. The topological polar surface area (TPSA) is 115 Å². The molecule has 1 aliphatic carbocycles. The van der Waals surface area contributed by atoms with Crippen LogP contribution in [0.2, 0.25) is 0 Å². The number of nitrogens with two attached hydrogens (primary N) is 1. The van der Waals surface area contributed by atoms with Gasteiger partial charge in [-0.15, -0.1) is 11.3 Å². The van der Waals surface area contributed by atoms with Crippen LogP contribution in [0.1, 0.15) is 35.0 Å². The maximum Gasteiger partial charge on any atom is 0.311 e. The van der Waals surface area contributed by atoms with Crippen molar-refractivity contribution in [3.05, 3.63) is 26.6 Å². The van der Waals surface area contributed by atoms with Crippen molar-refractivity contribution in [1.29, 1.82) is 0 Å². The summed E-state index contributed by atoms with van der Waals surface area (Å²) in [5, 5.41) is 9.76. The van der Waals surface area contributed by atoms with Crippen LogP contribution in [0.25, 0.3) is 10.2 Å². The molecular weight excluding hydrogens is 306 g/mol. The Hall–Kier alpha value is -2.22. The molecule has 0 saturated carbocycles. The van der Waals surface area contributed by atoms with E-state index < -0.39 is 17.8 Å². The summed E-state index contributed by atoms with van der Waals surface area (Å²) in [5.74, 6) is -1.84. The predicted molar refractivity (Wildman–Crippen MR) is 81.1 cm³/mol. The van der Waals surface area contributed by atoms with E-state index in [2.05, 4.69) is 4.98 Å². The van der Waals surface area contributed by atoms with Gasteiger partial charge in [0.2, 0.25) is 5.91 Å². The smallest absolute Gasteiger partial charge is 0.311 e. The van der Waals surface area contributed by atoms with Crippen molar-refractivity contribution < 1.29 is 14.7 Å². The van der Waals surface area contributed by atoms with Gasteiger partial charge in [0.05, 0.1) is 11.3 Å². The Bertz CT molecular complexity index is 852. The van der Waals surface area contributed by atoms with Gasteiger partial charge in [-0.05, 0) is 31.7 Å². The number of aromatic nitrogens is 2. The number of fused-ring (bicyclic) bond motifs is 3. The molecule has 2 aromatic rings. The number of carbonyl (C=O) groups excluding carboxylic acids is 1. The summed E-state index contributed by atoms with van der Waals surface area (Å²) in [6.07, 6.45) is 2.05. The van der Waals surface area contributed by atoms with Crippen LogP contribution in [0.5, 0.6) is 0 Å². The zero-order valence-corrected chi connectivity index (χ0v) is 12.8. The first-order valence-corrected chi connectivity index (χ1v) is 7.75. The number of aliphatic carboxylic acids is 1. The molecule has 1 aliphatic rings. The number of carboxylic acids is 1. The Labute approximate surface area is 129 Å². The van der Waals surface area contributed by atoms with E-state index in [0.717, 1.165) is 17.7 Å². The Balaban J connectivity index is 2.33. The molecule has 0 spiro atoms. The van der Waals surface area contributed by atoms with E-state index in [1.165, 1.54) is 15.9 Å². The van der Waals surface area contributed by atoms with Crippen LogP contribution in [0, 0.1) is 6.92 Å². The Kier molecular flexibility index (Phi) is 3.48. The normalized spacial score (nSPS) is 17.4. The lowest BCUT2D eigenvalue weighted by molar-refractivity contribution is -0.139. The van der Waals surface area contributed by atoms with Crippen LogP contribution in [-0.4, -0.2) is 26.5 Å². The van der Waals surface area contributed by atoms with Gasteiger partial charge in [0.15, 0.2) is 0 Å². The molecule has 1 unspecified atom stereocenters. The number of thiophene rings is 1. The summed E-state index contributed by atoms with van der Waals surface area (Å²) >= 11 is 1.37. The maximum atomic E-state index is 12.7. The van der Waals surface area contributed by atoms with E-state index >= 15 is 0 Å². The summed E-state index contributed by atoms with van der Waals surface area (Å²) in [5.41, 5.74) is 5.37. The molecule has 116 valence electrons. The van der Waals surface area contributed by atoms with E-state index in [0.29, 0.717) is 28.0 Å². The lowest BCUT2D eigenvalue weighted by Crippen LogP contribution is -2.31. The third kappa shape index (κ3) is 2.19. The SMILES string of the molecule is Cc1nc2sc3c(c2c(=O)n1CC(N)=O)C(C(=O)O)CCC3. The first-order valence-electron chi connectivity index (χ1n) is 6.94. The number of carboxylic acid groups (broad SMARTS) is 1. The van der Waals surface area contributed by atoms with Gasteiger partial charge in [-0.3, -0.25) is 19.0 Å². The second-order valence-electron chi connectivity index (χ2n) is 5.42. The Morgan fingerprint density at radius 1 is 1.50 bits per heavy atom. The average molecular weight is 321 g/mol. The number of hydrogen-bond donors (Lipinski definition) is 2. The molecule has 0 saturated heterocycles. The van der Waals surface area contributed by atoms with E-state index in [4.69, 9.17) is 5.73 Å². The molecule has 0 aromatic carbocycles. The van der Waals surface area contributed by atoms with Crippen molar-refractivity contribution in [3.8, 4) is 0 Å². The van der Waals surface area contributed by atoms with Gasteiger partial charge in [0, 0.05) is 4.88 Å². The molecule has 2 aromatic heterocycles. The largest absolute Gasteiger partial charge is 0.481 e. The molecule has 0 aliphatic heterocycles. The van der Waals surface area contributed by atoms with Crippen LogP contribution in [0.15, 0.2) is 4.79 Å². The molecule has 22 heavy (non-hydrogen) atoms. The zero-order valence-electron chi connectivity index (χ0n) is 12.0. The highest BCUT2D eigenvalue weighted by molar-refractivity contribution is 7.18. The third-order valence-electron chi connectivity index (χ3n) is 3.97. The van der Waals surface area contributed by atoms with Crippen LogP contribution >= 0.6 is 11.3 Å². The standard InChI is InChI=1S/C14H15N3O4S/c1-6-16-12-11(13(19)17(6)5-9(15)18)10-7(14(20)21)3-2-4-8(10)22-12/h7H,2-5H2,1H3,(H2,15,18)(H,20,21). The number of carbonyl (C=O) groups is 2. The molecule has 0 fully saturated rings. The van der Waals surface area contributed by atoms with E-state index in [1.807, 2.05) is 0 Å². The van der Waals surface area contributed by atoms with Gasteiger partial charge in [0.1, 0.15) is 17.2 Å². The van der Waals surface area contributed by atoms with Crippen molar-refractivity contribution in [2.45, 2.75) is 38.6 Å². The van der Waals surface area contributed by atoms with Crippen LogP contribution < -0.4 is 11.3 Å². The maximum absolute atomic E-state index is 12.7. The highest BCUT2D eigenvalue weighted by Gasteiger charge is 2.32. The van der Waals surface area contributed by atoms with Crippen LogP contribution in [0.3, 0.4) is 0 Å². The van der Waals surface area contributed by atoms with E-state index in [-0.39, 0.29) is 12.1 Å². The van der Waals surface area contributed by atoms with E-state index in [9.17, 15) is 19.5 Å². The summed E-state index contributed by atoms with van der Waals surface area (Å²) < 4.78 is 1.21. The molecule has 0 radical (unpaired) electrons. The monoisotopic (exact) mass is 321 g/mol. The number of nitrogens with zero attached hydrogens (tertiary/aromatic N) is 2. The molecule has 2 heterocycles. The van der Waals surface area contributed by atoms with Crippen LogP contribution in [-0.2, 0) is 22.6 Å². The number of aryl methyl sites for hydroxylation is 2. The minimum atomic E-state index is -0.929. The quantitative estimate of drug-likeness (QED) is 0.866. The summed E-state index contributed by atoms with van der Waals surface area (Å²) in [4.78, 5) is 41.2. The lowest BCUT2D eigenvalue weighted by Gasteiger charge is -2.19. The van der Waals surface area contributed by atoms with Gasteiger partial charge in [-0.25, -0.2) is 4.98 Å². The van der Waals surface area contributed by atoms with Crippen molar-refractivity contribution >= 4 is 33.4 Å². The fraction of sp³-hybridized carbons (Fsp3) is 0.429. The average Bonchev–Trinajstić information content (AvgIpc) is 2.80. The van der Waals surface area contributed by atoms with Crippen molar-refractivity contribution in [1.82, 2.24) is 9.55 Å². The second kappa shape index (κ2) is 5.20. The molecule has 3 N–H and O–H groups in total. The second-order valence-corrected chi connectivity index (χ2v) is 6.50. The summed E-state index contributed by atoms with van der Waals surface area (Å²) in [7, 11) is 0. The predicted octanol–water partition coefficient (Wildman–Crippen LogP) is 0.756. The summed E-state index contributed by atoms with van der Waals surface area (Å²) in [6, 6.07) is 0. The molecular formula is C14H15N3O4S. The van der Waals surface area contributed by atoms with Gasteiger partial charge in [-0.2, -0.15) is 0 Å². The molecule has 1 atom stereocenters. The number of amides is 1. The van der Waals surface area contributed by atoms with Crippen molar-refractivity contribution in [2.75, 3.05) is 0 Å². The first kappa shape index (κ1) is 14.7. The minimum absolute atomic E-state index is 0.254. The molecule has 0 bridgehead atoms. The number of rotatable bonds is 3. The Morgan fingerprint density at radius 2 is 2.23 bits per heavy atom.